The number of nitrogens with two attached hydrogens (primary N) is 3. The molecule has 146 valence electrons. The molecule has 0 bridgehead atoms. The molecule has 0 saturated carbocycles. The molecule has 0 aliphatic rings. The molecule has 0 spiro atoms. The number of amides is 3. The zero-order chi connectivity index (χ0) is 19.7. The smallest absolute Gasteiger partial charge is 0.351 e. The number of carbonyl (C=O) groups excluding carboxylic acids is 2. The first-order chi connectivity index (χ1) is 12.2. The van der Waals surface area contributed by atoms with Crippen molar-refractivity contribution in [2.75, 3.05) is 29.5 Å². The summed E-state index contributed by atoms with van der Waals surface area (Å²) in [4.78, 5) is 23.4. The summed E-state index contributed by atoms with van der Waals surface area (Å²) in [6, 6.07) is 0.582. The van der Waals surface area contributed by atoms with Gasteiger partial charge in [-0.05, 0) is 31.5 Å². The molecule has 8 N–H and O–H groups in total. The molecule has 1 rings (SSSR count). The molecular weight excluding hydrogens is 371 g/mol. The first kappa shape index (κ1) is 22.1. The van der Waals surface area contributed by atoms with Crippen LogP contribution in [0.1, 0.15) is 24.8 Å². The number of anilines is 2. The van der Waals surface area contributed by atoms with Crippen LogP contribution in [0.5, 0.6) is 0 Å². The molecule has 0 heterocycles. The normalized spacial score (nSPS) is 11.3. The van der Waals surface area contributed by atoms with Crippen molar-refractivity contribution in [2.45, 2.75) is 30.3 Å². The quantitative estimate of drug-likeness (QED) is 0.324. The van der Waals surface area contributed by atoms with Crippen molar-refractivity contribution in [3.63, 3.8) is 0 Å². The largest absolute Gasteiger partial charge is 0.416 e. The molecular formula is C15H22F3N5O2S. The van der Waals surface area contributed by atoms with Crippen molar-refractivity contribution in [1.82, 2.24) is 0 Å². The van der Waals surface area contributed by atoms with Crippen LogP contribution in [0.4, 0.5) is 29.3 Å². The minimum atomic E-state index is -4.66. The van der Waals surface area contributed by atoms with Crippen molar-refractivity contribution in [3.8, 4) is 0 Å². The highest BCUT2D eigenvalue weighted by Gasteiger charge is 2.32. The Morgan fingerprint density at radius 1 is 1.04 bits per heavy atom. The minimum Gasteiger partial charge on any atom is -0.351 e. The molecule has 26 heavy (non-hydrogen) atoms. The summed E-state index contributed by atoms with van der Waals surface area (Å²) in [5.74, 6) is -0.0770. The van der Waals surface area contributed by atoms with Crippen LogP contribution in [0, 0.1) is 0 Å². The van der Waals surface area contributed by atoms with Crippen LogP contribution >= 0.6 is 11.8 Å². The summed E-state index contributed by atoms with van der Waals surface area (Å²) in [6.07, 6.45) is -3.41. The van der Waals surface area contributed by atoms with Gasteiger partial charge in [0.25, 0.3) is 0 Å². The van der Waals surface area contributed by atoms with E-state index in [-0.39, 0.29) is 29.2 Å². The van der Waals surface area contributed by atoms with Gasteiger partial charge < -0.3 is 27.8 Å². The second kappa shape index (κ2) is 10.2. The Bertz CT molecular complexity index is 640. The first-order valence-electron chi connectivity index (χ1n) is 7.83. The van der Waals surface area contributed by atoms with E-state index < -0.39 is 23.7 Å². The van der Waals surface area contributed by atoms with E-state index in [0.717, 1.165) is 23.9 Å². The van der Waals surface area contributed by atoms with Crippen LogP contribution in [0.3, 0.4) is 0 Å². The molecule has 7 nitrogen and oxygen atoms in total. The van der Waals surface area contributed by atoms with Crippen molar-refractivity contribution in [3.05, 3.63) is 17.7 Å². The van der Waals surface area contributed by atoms with Gasteiger partial charge in [0.05, 0.1) is 21.8 Å². The number of thioether (sulfide) groups is 1. The molecule has 1 aromatic carbocycles. The minimum absolute atomic E-state index is 0.0558. The summed E-state index contributed by atoms with van der Waals surface area (Å²) >= 11 is 1.11. The Kier molecular flexibility index (Phi) is 8.69. The van der Waals surface area contributed by atoms with Gasteiger partial charge in [0.2, 0.25) is 5.91 Å². The lowest BCUT2D eigenvalue weighted by Gasteiger charge is -2.18. The fourth-order valence-corrected chi connectivity index (χ4v) is 2.92. The Hall–Kier alpha value is -1.98. The second-order valence-corrected chi connectivity index (χ2v) is 6.42. The highest BCUT2D eigenvalue weighted by atomic mass is 32.2. The average Bonchev–Trinajstić information content (AvgIpc) is 2.52. The topological polar surface area (TPSA) is 136 Å². The van der Waals surface area contributed by atoms with Crippen molar-refractivity contribution >= 4 is 35.1 Å². The van der Waals surface area contributed by atoms with Crippen LogP contribution in [0.15, 0.2) is 17.0 Å². The third-order valence-electron chi connectivity index (χ3n) is 3.17. The van der Waals surface area contributed by atoms with E-state index in [1.165, 1.54) is 0 Å². The van der Waals surface area contributed by atoms with Gasteiger partial charge in [-0.2, -0.15) is 13.2 Å². The van der Waals surface area contributed by atoms with Crippen LogP contribution in [-0.4, -0.2) is 30.8 Å². The standard InChI is InChI=1S/C15H22F3N5O2S/c16-15(17,18)9-7-10(22-12(24)3-1-2-4-19)13(26-6-5-20)11(8-9)23-14(21)25/h7-8H,1-6,19-20H2,(H,22,24)(H3,21,23,25). The lowest BCUT2D eigenvalue weighted by atomic mass is 10.1. The third-order valence-corrected chi connectivity index (χ3v) is 4.34. The van der Waals surface area contributed by atoms with E-state index in [0.29, 0.717) is 25.1 Å². The number of hydrogen-bond acceptors (Lipinski definition) is 5. The first-order valence-corrected chi connectivity index (χ1v) is 8.82. The number of halogens is 3. The number of alkyl halides is 3. The predicted molar refractivity (Wildman–Crippen MR) is 96.0 cm³/mol. The Morgan fingerprint density at radius 2 is 1.65 bits per heavy atom. The zero-order valence-electron chi connectivity index (χ0n) is 14.0. The monoisotopic (exact) mass is 393 g/mol. The second-order valence-electron chi connectivity index (χ2n) is 5.32. The molecule has 0 saturated heterocycles. The van der Waals surface area contributed by atoms with Gasteiger partial charge in [-0.25, -0.2) is 4.79 Å². The van der Waals surface area contributed by atoms with E-state index in [1.807, 2.05) is 0 Å². The Morgan fingerprint density at radius 3 is 2.15 bits per heavy atom. The van der Waals surface area contributed by atoms with Crippen molar-refractivity contribution in [2.24, 2.45) is 17.2 Å². The number of primary amides is 1. The summed E-state index contributed by atoms with van der Waals surface area (Å²) in [5.41, 5.74) is 14.6. The maximum atomic E-state index is 13.2. The molecule has 0 atom stereocenters. The van der Waals surface area contributed by atoms with E-state index in [2.05, 4.69) is 10.6 Å². The average molecular weight is 393 g/mol. The van der Waals surface area contributed by atoms with Crippen LogP contribution in [-0.2, 0) is 11.0 Å². The predicted octanol–water partition coefficient (Wildman–Crippen LogP) is 2.31. The number of hydrogen-bond donors (Lipinski definition) is 5. The lowest BCUT2D eigenvalue weighted by Crippen LogP contribution is -2.21. The fourth-order valence-electron chi connectivity index (χ4n) is 2.07. The van der Waals surface area contributed by atoms with Gasteiger partial charge in [0.15, 0.2) is 0 Å². The van der Waals surface area contributed by atoms with Gasteiger partial charge in [0, 0.05) is 18.7 Å². The molecule has 0 radical (unpaired) electrons. The molecule has 0 aliphatic carbocycles. The zero-order valence-corrected chi connectivity index (χ0v) is 14.8. The number of unbranched alkanes of at least 4 members (excludes halogenated alkanes) is 1. The SMILES string of the molecule is NCCCCC(=O)Nc1cc(C(F)(F)F)cc(NC(N)=O)c1SCCN. The Balaban J connectivity index is 3.27. The van der Waals surface area contributed by atoms with Gasteiger partial charge >= 0.3 is 12.2 Å². The maximum absolute atomic E-state index is 13.2. The molecule has 0 unspecified atom stereocenters. The van der Waals surface area contributed by atoms with Gasteiger partial charge in [0.1, 0.15) is 0 Å². The van der Waals surface area contributed by atoms with E-state index in [9.17, 15) is 22.8 Å². The molecule has 11 heteroatoms. The van der Waals surface area contributed by atoms with E-state index in [1.54, 1.807) is 0 Å². The highest BCUT2D eigenvalue weighted by Crippen LogP contribution is 2.41. The van der Waals surface area contributed by atoms with Crippen LogP contribution in [0.25, 0.3) is 0 Å². The van der Waals surface area contributed by atoms with Gasteiger partial charge in [-0.3, -0.25) is 4.79 Å². The lowest BCUT2D eigenvalue weighted by molar-refractivity contribution is -0.137. The highest BCUT2D eigenvalue weighted by molar-refractivity contribution is 7.99. The van der Waals surface area contributed by atoms with Crippen LogP contribution < -0.4 is 27.8 Å². The summed E-state index contributed by atoms with van der Waals surface area (Å²) in [5, 5.41) is 4.64. The fraction of sp³-hybridized carbons (Fsp3) is 0.467. The number of rotatable bonds is 9. The molecule has 0 fully saturated rings. The Labute approximate surface area is 153 Å². The van der Waals surface area contributed by atoms with Crippen molar-refractivity contribution < 1.29 is 22.8 Å². The van der Waals surface area contributed by atoms with E-state index >= 15 is 0 Å². The van der Waals surface area contributed by atoms with Gasteiger partial charge in [-0.15, -0.1) is 11.8 Å². The summed E-state index contributed by atoms with van der Waals surface area (Å²) in [7, 11) is 0. The number of benzene rings is 1. The number of nitrogens with one attached hydrogen (secondary N) is 2. The molecule has 3 amide bonds. The number of urea groups is 1. The number of carbonyl (C=O) groups is 2. The van der Waals surface area contributed by atoms with Crippen molar-refractivity contribution in [1.29, 1.82) is 0 Å². The summed E-state index contributed by atoms with van der Waals surface area (Å²) < 4.78 is 39.5. The van der Waals surface area contributed by atoms with Gasteiger partial charge in [-0.1, -0.05) is 0 Å². The molecule has 0 aliphatic heterocycles. The third kappa shape index (κ3) is 7.10. The summed E-state index contributed by atoms with van der Waals surface area (Å²) in [6.45, 7) is 0.673. The molecule has 1 aromatic rings. The van der Waals surface area contributed by atoms with E-state index in [4.69, 9.17) is 17.2 Å². The van der Waals surface area contributed by atoms with Crippen LogP contribution in [0.2, 0.25) is 0 Å². The maximum Gasteiger partial charge on any atom is 0.416 e. The molecule has 0 aromatic heterocycles.